The Kier molecular flexibility index (Phi) is 4.05. The fourth-order valence-corrected chi connectivity index (χ4v) is 3.28. The predicted octanol–water partition coefficient (Wildman–Crippen LogP) is 2.96. The van der Waals surface area contributed by atoms with Crippen molar-refractivity contribution >= 4 is 5.69 Å². The average Bonchev–Trinajstić information content (AvgIpc) is 2.76. The maximum absolute atomic E-state index is 12.1. The number of hydrogen-bond donors (Lipinski definition) is 0. The summed E-state index contributed by atoms with van der Waals surface area (Å²) in [5, 5.41) is 0. The first-order chi connectivity index (χ1) is 9.72. The first-order valence-corrected chi connectivity index (χ1v) is 7.26. The molecule has 110 valence electrons. The third-order valence-electron chi connectivity index (χ3n) is 4.23. The van der Waals surface area contributed by atoms with Crippen LogP contribution in [0.4, 0.5) is 14.5 Å². The minimum atomic E-state index is -2.76. The second kappa shape index (κ2) is 5.95. The number of fused-ring (bicyclic) bond motifs is 1. The summed E-state index contributed by atoms with van der Waals surface area (Å²) in [5.41, 5.74) is 1.10. The van der Waals surface area contributed by atoms with E-state index in [1.807, 2.05) is 12.1 Å². The Bertz CT molecular complexity index is 438. The van der Waals surface area contributed by atoms with Gasteiger partial charge in [0.15, 0.2) is 0 Å². The van der Waals surface area contributed by atoms with Crippen molar-refractivity contribution in [2.45, 2.75) is 31.9 Å². The fraction of sp³-hybridized carbons (Fsp3) is 0.600. The maximum Gasteiger partial charge on any atom is 0.387 e. The highest BCUT2D eigenvalue weighted by Crippen LogP contribution is 2.26. The van der Waals surface area contributed by atoms with Crippen LogP contribution in [0.15, 0.2) is 24.3 Å². The molecule has 0 saturated carbocycles. The Morgan fingerprint density at radius 2 is 1.80 bits per heavy atom. The van der Waals surface area contributed by atoms with E-state index >= 15 is 0 Å². The van der Waals surface area contributed by atoms with Crippen molar-refractivity contribution in [1.82, 2.24) is 4.90 Å². The van der Waals surface area contributed by atoms with Crippen LogP contribution >= 0.6 is 0 Å². The number of halogens is 2. The molecule has 0 N–H and O–H groups in total. The molecule has 1 aromatic rings. The van der Waals surface area contributed by atoms with Crippen LogP contribution in [-0.4, -0.2) is 43.7 Å². The van der Waals surface area contributed by atoms with E-state index in [0.717, 1.165) is 25.2 Å². The highest BCUT2D eigenvalue weighted by Gasteiger charge is 2.28. The van der Waals surface area contributed by atoms with Crippen molar-refractivity contribution in [2.24, 2.45) is 0 Å². The molecule has 2 saturated heterocycles. The van der Waals surface area contributed by atoms with Gasteiger partial charge in [-0.3, -0.25) is 4.90 Å². The number of alkyl halides is 2. The van der Waals surface area contributed by atoms with E-state index in [-0.39, 0.29) is 5.75 Å². The van der Waals surface area contributed by atoms with Crippen LogP contribution in [0.5, 0.6) is 5.75 Å². The third kappa shape index (κ3) is 3.03. The van der Waals surface area contributed by atoms with Gasteiger partial charge >= 0.3 is 6.61 Å². The standard InChI is InChI=1S/C15H20F2N2O/c16-15(17)20-14-6-4-12(5-7-14)19-10-2-9-18-8-1-3-13(18)11-19/h4-7,13,15H,1-3,8-11H2. The van der Waals surface area contributed by atoms with Crippen LogP contribution in [-0.2, 0) is 0 Å². The molecule has 2 fully saturated rings. The van der Waals surface area contributed by atoms with Gasteiger partial charge in [0.2, 0.25) is 0 Å². The Balaban J connectivity index is 1.68. The molecule has 1 unspecified atom stereocenters. The van der Waals surface area contributed by atoms with Gasteiger partial charge in [0.1, 0.15) is 5.75 Å². The van der Waals surface area contributed by atoms with Crippen LogP contribution < -0.4 is 9.64 Å². The molecule has 2 aliphatic rings. The third-order valence-corrected chi connectivity index (χ3v) is 4.23. The molecular weight excluding hydrogens is 262 g/mol. The first-order valence-electron chi connectivity index (χ1n) is 7.26. The minimum absolute atomic E-state index is 0.223. The largest absolute Gasteiger partial charge is 0.435 e. The first kappa shape index (κ1) is 13.6. The molecular formula is C15H20F2N2O. The van der Waals surface area contributed by atoms with E-state index in [4.69, 9.17) is 0 Å². The lowest BCUT2D eigenvalue weighted by Crippen LogP contribution is -2.36. The highest BCUT2D eigenvalue weighted by atomic mass is 19.3. The van der Waals surface area contributed by atoms with Gasteiger partial charge in [0, 0.05) is 31.4 Å². The smallest absolute Gasteiger partial charge is 0.387 e. The molecule has 0 amide bonds. The average molecular weight is 282 g/mol. The molecule has 3 rings (SSSR count). The quantitative estimate of drug-likeness (QED) is 0.847. The van der Waals surface area contributed by atoms with Gasteiger partial charge < -0.3 is 9.64 Å². The van der Waals surface area contributed by atoms with Crippen LogP contribution in [0.2, 0.25) is 0 Å². The normalized spacial score (nSPS) is 23.8. The number of anilines is 1. The van der Waals surface area contributed by atoms with Gasteiger partial charge in [0.05, 0.1) is 0 Å². The zero-order valence-electron chi connectivity index (χ0n) is 11.5. The van der Waals surface area contributed by atoms with Crippen LogP contribution in [0.3, 0.4) is 0 Å². The van der Waals surface area contributed by atoms with E-state index in [9.17, 15) is 8.78 Å². The van der Waals surface area contributed by atoms with Crippen molar-refractivity contribution in [3.63, 3.8) is 0 Å². The summed E-state index contributed by atoms with van der Waals surface area (Å²) < 4.78 is 28.7. The van der Waals surface area contributed by atoms with Gasteiger partial charge in [0.25, 0.3) is 0 Å². The summed E-state index contributed by atoms with van der Waals surface area (Å²) in [4.78, 5) is 4.94. The van der Waals surface area contributed by atoms with E-state index in [2.05, 4.69) is 14.5 Å². The zero-order chi connectivity index (χ0) is 13.9. The molecule has 0 aliphatic carbocycles. The van der Waals surface area contributed by atoms with Crippen molar-refractivity contribution in [1.29, 1.82) is 0 Å². The number of ether oxygens (including phenoxy) is 1. The molecule has 2 heterocycles. The lowest BCUT2D eigenvalue weighted by atomic mass is 10.2. The summed E-state index contributed by atoms with van der Waals surface area (Å²) in [6.45, 7) is 1.70. The number of hydrogen-bond acceptors (Lipinski definition) is 3. The summed E-state index contributed by atoms with van der Waals surface area (Å²) in [6.07, 6.45) is 3.72. The summed E-state index contributed by atoms with van der Waals surface area (Å²) >= 11 is 0. The molecule has 1 atom stereocenters. The summed E-state index contributed by atoms with van der Waals surface area (Å²) in [7, 11) is 0. The molecule has 0 bridgehead atoms. The number of benzene rings is 1. The molecule has 5 heteroatoms. The maximum atomic E-state index is 12.1. The molecule has 0 spiro atoms. The topological polar surface area (TPSA) is 15.7 Å². The van der Waals surface area contributed by atoms with E-state index in [1.165, 1.54) is 25.9 Å². The Morgan fingerprint density at radius 3 is 2.55 bits per heavy atom. The van der Waals surface area contributed by atoms with Gasteiger partial charge in [-0.05, 0) is 50.1 Å². The molecule has 0 radical (unpaired) electrons. The predicted molar refractivity (Wildman–Crippen MR) is 74.5 cm³/mol. The Hall–Kier alpha value is -1.36. The zero-order valence-corrected chi connectivity index (χ0v) is 11.5. The highest BCUT2D eigenvalue weighted by molar-refractivity contribution is 5.49. The molecule has 0 aromatic heterocycles. The van der Waals surface area contributed by atoms with Crippen LogP contribution in [0.1, 0.15) is 19.3 Å². The summed E-state index contributed by atoms with van der Waals surface area (Å²) in [6, 6.07) is 7.65. The second-order valence-corrected chi connectivity index (χ2v) is 5.50. The molecule has 1 aromatic carbocycles. The molecule has 2 aliphatic heterocycles. The minimum Gasteiger partial charge on any atom is -0.435 e. The lowest BCUT2D eigenvalue weighted by molar-refractivity contribution is -0.0498. The lowest BCUT2D eigenvalue weighted by Gasteiger charge is -2.27. The van der Waals surface area contributed by atoms with Gasteiger partial charge in [-0.1, -0.05) is 0 Å². The number of rotatable bonds is 3. The Labute approximate surface area is 118 Å². The fourth-order valence-electron chi connectivity index (χ4n) is 3.28. The van der Waals surface area contributed by atoms with Crippen molar-refractivity contribution < 1.29 is 13.5 Å². The van der Waals surface area contributed by atoms with Crippen molar-refractivity contribution in [2.75, 3.05) is 31.1 Å². The van der Waals surface area contributed by atoms with Crippen LogP contribution in [0.25, 0.3) is 0 Å². The monoisotopic (exact) mass is 282 g/mol. The Morgan fingerprint density at radius 1 is 1.05 bits per heavy atom. The van der Waals surface area contributed by atoms with Gasteiger partial charge in [-0.15, -0.1) is 0 Å². The van der Waals surface area contributed by atoms with E-state index in [1.54, 1.807) is 12.1 Å². The van der Waals surface area contributed by atoms with Gasteiger partial charge in [-0.25, -0.2) is 0 Å². The second-order valence-electron chi connectivity index (χ2n) is 5.50. The summed E-state index contributed by atoms with van der Waals surface area (Å²) in [5.74, 6) is 0.223. The molecule has 20 heavy (non-hydrogen) atoms. The van der Waals surface area contributed by atoms with E-state index < -0.39 is 6.61 Å². The van der Waals surface area contributed by atoms with Gasteiger partial charge in [-0.2, -0.15) is 8.78 Å². The number of nitrogens with zero attached hydrogens (tertiary/aromatic N) is 2. The van der Waals surface area contributed by atoms with Crippen molar-refractivity contribution in [3.8, 4) is 5.75 Å². The van der Waals surface area contributed by atoms with E-state index in [0.29, 0.717) is 6.04 Å². The van der Waals surface area contributed by atoms with Crippen molar-refractivity contribution in [3.05, 3.63) is 24.3 Å². The van der Waals surface area contributed by atoms with Crippen LogP contribution in [0, 0.1) is 0 Å². The SMILES string of the molecule is FC(F)Oc1ccc(N2CCCN3CCCC3C2)cc1. The molecule has 3 nitrogen and oxygen atoms in total.